The maximum Gasteiger partial charge on any atom is 0.140 e. The van der Waals surface area contributed by atoms with Crippen LogP contribution in [-0.2, 0) is 0 Å². The minimum atomic E-state index is 0. The number of phenolic OH excluding ortho intramolecular Hbond substituents is 1. The van der Waals surface area contributed by atoms with Crippen molar-refractivity contribution in [1.29, 1.82) is 0 Å². The van der Waals surface area contributed by atoms with Crippen molar-refractivity contribution in [3.8, 4) is 5.75 Å². The molecule has 7 heteroatoms. The van der Waals surface area contributed by atoms with Crippen molar-refractivity contribution < 1.29 is 5.11 Å². The van der Waals surface area contributed by atoms with Gasteiger partial charge in [0.05, 0.1) is 5.02 Å². The van der Waals surface area contributed by atoms with Gasteiger partial charge in [-0.05, 0) is 30.9 Å². The summed E-state index contributed by atoms with van der Waals surface area (Å²) in [5.41, 5.74) is 0.987. The Morgan fingerprint density at radius 1 is 1.12 bits per heavy atom. The van der Waals surface area contributed by atoms with Gasteiger partial charge in [0.1, 0.15) is 5.75 Å². The molecule has 0 bridgehead atoms. The third-order valence-corrected chi connectivity index (χ3v) is 6.05. The molecule has 138 valence electrons. The van der Waals surface area contributed by atoms with Gasteiger partial charge in [0.25, 0.3) is 0 Å². The zero-order valence-electron chi connectivity index (χ0n) is 13.6. The first-order chi connectivity index (χ1) is 10.7. The highest BCUT2D eigenvalue weighted by Gasteiger charge is 2.34. The molecule has 0 amide bonds. The number of benzene rings is 1. The molecule has 0 spiro atoms. The first-order valence-electron chi connectivity index (χ1n) is 8.30. The van der Waals surface area contributed by atoms with Crippen molar-refractivity contribution in [3.05, 3.63) is 27.2 Å². The van der Waals surface area contributed by atoms with Gasteiger partial charge >= 0.3 is 0 Å². The van der Waals surface area contributed by atoms with Crippen molar-refractivity contribution in [2.24, 2.45) is 5.92 Å². The molecule has 1 saturated heterocycles. The van der Waals surface area contributed by atoms with Crippen molar-refractivity contribution in [2.75, 3.05) is 26.2 Å². The molecule has 3 rings (SSSR count). The third kappa shape index (κ3) is 4.93. The molecule has 2 aliphatic rings. The normalized spacial score (nSPS) is 20.8. The first-order valence-corrected chi connectivity index (χ1v) is 9.47. The molecular formula is C17H26BrCl3N2O. The number of aromatic hydroxyl groups is 1. The SMILES string of the molecule is Cl.Cl.Oc1c(Cl)ccc(Br)c1[C@H](C1CCCCC1)N1CCNCC1. The molecule has 3 nitrogen and oxygen atoms in total. The van der Waals surface area contributed by atoms with Crippen LogP contribution in [-0.4, -0.2) is 36.2 Å². The molecule has 0 radical (unpaired) electrons. The van der Waals surface area contributed by atoms with E-state index in [1.165, 1.54) is 32.1 Å². The molecule has 1 saturated carbocycles. The fourth-order valence-corrected chi connectivity index (χ4v) is 4.68. The first kappa shape index (κ1) is 22.3. The van der Waals surface area contributed by atoms with Crippen LogP contribution >= 0.6 is 52.3 Å². The molecule has 1 atom stereocenters. The van der Waals surface area contributed by atoms with Gasteiger partial charge in [0.15, 0.2) is 0 Å². The highest BCUT2D eigenvalue weighted by molar-refractivity contribution is 9.10. The predicted molar refractivity (Wildman–Crippen MR) is 109 cm³/mol. The van der Waals surface area contributed by atoms with Crippen LogP contribution in [0.1, 0.15) is 43.7 Å². The lowest BCUT2D eigenvalue weighted by molar-refractivity contribution is 0.101. The van der Waals surface area contributed by atoms with Gasteiger partial charge in [-0.1, -0.05) is 46.8 Å². The van der Waals surface area contributed by atoms with Crippen molar-refractivity contribution in [1.82, 2.24) is 10.2 Å². The highest BCUT2D eigenvalue weighted by atomic mass is 79.9. The summed E-state index contributed by atoms with van der Waals surface area (Å²) >= 11 is 9.86. The van der Waals surface area contributed by atoms with E-state index in [1.54, 1.807) is 6.07 Å². The van der Waals surface area contributed by atoms with Gasteiger partial charge in [-0.15, -0.1) is 24.8 Å². The molecule has 1 heterocycles. The quantitative estimate of drug-likeness (QED) is 0.653. The van der Waals surface area contributed by atoms with Gasteiger partial charge in [-0.3, -0.25) is 4.90 Å². The van der Waals surface area contributed by atoms with Gasteiger partial charge in [-0.2, -0.15) is 0 Å². The molecule has 1 aliphatic carbocycles. The molecule has 2 N–H and O–H groups in total. The second-order valence-electron chi connectivity index (χ2n) is 6.42. The smallest absolute Gasteiger partial charge is 0.140 e. The van der Waals surface area contributed by atoms with Crippen molar-refractivity contribution in [3.63, 3.8) is 0 Å². The minimum Gasteiger partial charge on any atom is -0.506 e. The number of phenols is 1. The number of nitrogens with one attached hydrogen (secondary N) is 1. The van der Waals surface area contributed by atoms with Crippen LogP contribution in [0.4, 0.5) is 0 Å². The maximum absolute atomic E-state index is 10.6. The van der Waals surface area contributed by atoms with E-state index in [0.29, 0.717) is 10.9 Å². The van der Waals surface area contributed by atoms with Gasteiger partial charge in [0, 0.05) is 42.3 Å². The molecule has 2 fully saturated rings. The molecule has 0 aromatic heterocycles. The van der Waals surface area contributed by atoms with Crippen molar-refractivity contribution in [2.45, 2.75) is 38.1 Å². The number of piperazine rings is 1. The van der Waals surface area contributed by atoms with E-state index in [9.17, 15) is 5.11 Å². The lowest BCUT2D eigenvalue weighted by atomic mass is 9.80. The Morgan fingerprint density at radius 3 is 2.38 bits per heavy atom. The zero-order valence-corrected chi connectivity index (χ0v) is 17.6. The Labute approximate surface area is 170 Å². The Hall–Kier alpha value is 0.290. The zero-order chi connectivity index (χ0) is 15.5. The minimum absolute atomic E-state index is 0. The molecule has 1 aromatic carbocycles. The second kappa shape index (κ2) is 10.4. The summed E-state index contributed by atoms with van der Waals surface area (Å²) in [4.78, 5) is 2.53. The van der Waals surface area contributed by atoms with Crippen LogP contribution < -0.4 is 5.32 Å². The van der Waals surface area contributed by atoms with E-state index in [4.69, 9.17) is 11.6 Å². The summed E-state index contributed by atoms with van der Waals surface area (Å²) in [5, 5.41) is 14.5. The Morgan fingerprint density at radius 2 is 1.75 bits per heavy atom. The number of nitrogens with zero attached hydrogens (tertiary/aromatic N) is 1. The topological polar surface area (TPSA) is 35.5 Å². The average Bonchev–Trinajstić information content (AvgIpc) is 2.57. The summed E-state index contributed by atoms with van der Waals surface area (Å²) in [6.07, 6.45) is 6.42. The predicted octanol–water partition coefficient (Wildman–Crippen LogP) is 5.18. The van der Waals surface area contributed by atoms with Crippen LogP contribution in [0.3, 0.4) is 0 Å². The van der Waals surface area contributed by atoms with Crippen LogP contribution in [0.5, 0.6) is 5.75 Å². The molecule has 0 unspecified atom stereocenters. The standard InChI is InChI=1S/C17H24BrClN2O.2ClH/c18-13-6-7-14(19)17(22)15(13)16(12-4-2-1-3-5-12)21-10-8-20-9-11-21;;/h6-7,12,16,20,22H,1-5,8-11H2;2*1H/t16-;;/m0../s1. The van der Waals surface area contributed by atoms with Crippen LogP contribution in [0.2, 0.25) is 5.02 Å². The monoisotopic (exact) mass is 458 g/mol. The Balaban J connectivity index is 0.00000144. The number of halogens is 4. The van der Waals surface area contributed by atoms with Crippen LogP contribution in [0, 0.1) is 5.92 Å². The van der Waals surface area contributed by atoms with Gasteiger partial charge in [-0.25, -0.2) is 0 Å². The van der Waals surface area contributed by atoms with Gasteiger partial charge < -0.3 is 10.4 Å². The van der Waals surface area contributed by atoms with E-state index < -0.39 is 0 Å². The lowest BCUT2D eigenvalue weighted by Crippen LogP contribution is -2.47. The lowest BCUT2D eigenvalue weighted by Gasteiger charge is -2.41. The molecule has 24 heavy (non-hydrogen) atoms. The number of hydrogen-bond donors (Lipinski definition) is 2. The largest absolute Gasteiger partial charge is 0.506 e. The van der Waals surface area contributed by atoms with Crippen LogP contribution in [0.25, 0.3) is 0 Å². The van der Waals surface area contributed by atoms with Crippen molar-refractivity contribution >= 4 is 52.3 Å². The van der Waals surface area contributed by atoms with Gasteiger partial charge in [0.2, 0.25) is 0 Å². The molecule has 1 aromatic rings. The van der Waals surface area contributed by atoms with E-state index in [-0.39, 0.29) is 36.6 Å². The molecular weight excluding hydrogens is 434 g/mol. The van der Waals surface area contributed by atoms with E-state index in [1.807, 2.05) is 6.07 Å². The Kier molecular flexibility index (Phi) is 9.72. The van der Waals surface area contributed by atoms with E-state index in [2.05, 4.69) is 26.1 Å². The summed E-state index contributed by atoms with van der Waals surface area (Å²) in [6.45, 7) is 4.09. The number of hydrogen-bond acceptors (Lipinski definition) is 3. The fourth-order valence-electron chi connectivity index (χ4n) is 3.96. The van der Waals surface area contributed by atoms with E-state index >= 15 is 0 Å². The number of rotatable bonds is 3. The second-order valence-corrected chi connectivity index (χ2v) is 7.68. The fraction of sp³-hybridized carbons (Fsp3) is 0.647. The maximum atomic E-state index is 10.6. The summed E-state index contributed by atoms with van der Waals surface area (Å²) < 4.78 is 0.975. The summed E-state index contributed by atoms with van der Waals surface area (Å²) in [6, 6.07) is 3.99. The van der Waals surface area contributed by atoms with E-state index in [0.717, 1.165) is 36.2 Å². The Bertz CT molecular complexity index is 503. The summed E-state index contributed by atoms with van der Waals surface area (Å²) in [5.74, 6) is 0.859. The van der Waals surface area contributed by atoms with Crippen LogP contribution in [0.15, 0.2) is 16.6 Å². The molecule has 1 aliphatic heterocycles. The highest BCUT2D eigenvalue weighted by Crippen LogP contribution is 2.46. The summed E-state index contributed by atoms with van der Waals surface area (Å²) in [7, 11) is 0. The average molecular weight is 461 g/mol. The third-order valence-electron chi connectivity index (χ3n) is 5.05.